The van der Waals surface area contributed by atoms with Crippen LogP contribution < -0.4 is 0 Å². The lowest BCUT2D eigenvalue weighted by molar-refractivity contribution is 0.176. The zero-order chi connectivity index (χ0) is 13.9. The first-order chi connectivity index (χ1) is 9.79. The third kappa shape index (κ3) is 2.32. The number of benzene rings is 1. The van der Waals surface area contributed by atoms with Gasteiger partial charge in [0.1, 0.15) is 5.76 Å². The summed E-state index contributed by atoms with van der Waals surface area (Å²) in [5, 5.41) is 11.5. The quantitative estimate of drug-likeness (QED) is 0.784. The third-order valence-electron chi connectivity index (χ3n) is 3.61. The van der Waals surface area contributed by atoms with Crippen molar-refractivity contribution < 1.29 is 9.52 Å². The maximum Gasteiger partial charge on any atom is 0.109 e. The van der Waals surface area contributed by atoms with Gasteiger partial charge in [0, 0.05) is 30.0 Å². The van der Waals surface area contributed by atoms with Gasteiger partial charge in [-0.2, -0.15) is 0 Å². The van der Waals surface area contributed by atoms with Gasteiger partial charge in [-0.05, 0) is 23.8 Å². The van der Waals surface area contributed by atoms with E-state index in [9.17, 15) is 5.11 Å². The van der Waals surface area contributed by atoms with E-state index in [1.165, 1.54) is 0 Å². The molecule has 0 aliphatic rings. The number of fused-ring (bicyclic) bond motifs is 1. The lowest BCUT2D eigenvalue weighted by atomic mass is 9.98. The smallest absolute Gasteiger partial charge is 0.109 e. The molecule has 0 amide bonds. The van der Waals surface area contributed by atoms with E-state index in [0.717, 1.165) is 34.2 Å². The summed E-state index contributed by atoms with van der Waals surface area (Å²) in [7, 11) is 0. The Morgan fingerprint density at radius 2 is 2.05 bits per heavy atom. The molecule has 1 unspecified atom stereocenters. The minimum atomic E-state index is -0.547. The first-order valence-corrected chi connectivity index (χ1v) is 6.86. The number of para-hydroxylation sites is 1. The molecular weight excluding hydrogens is 250 g/mol. The summed E-state index contributed by atoms with van der Waals surface area (Å²) in [4.78, 5) is 4.35. The van der Waals surface area contributed by atoms with Crippen LogP contribution in [0.2, 0.25) is 0 Å². The molecule has 1 atom stereocenters. The van der Waals surface area contributed by atoms with Crippen LogP contribution in [0.1, 0.15) is 29.9 Å². The number of nitrogens with zero attached hydrogens (tertiary/aromatic N) is 1. The van der Waals surface area contributed by atoms with E-state index in [4.69, 9.17) is 4.42 Å². The van der Waals surface area contributed by atoms with Gasteiger partial charge in [-0.3, -0.25) is 4.98 Å². The topological polar surface area (TPSA) is 46.3 Å². The Bertz CT molecular complexity index is 712. The van der Waals surface area contributed by atoms with E-state index in [2.05, 4.69) is 4.98 Å². The van der Waals surface area contributed by atoms with Crippen LogP contribution in [0.5, 0.6) is 0 Å². The second-order valence-electron chi connectivity index (χ2n) is 4.86. The number of hydrogen-bond donors (Lipinski definition) is 1. The fourth-order valence-electron chi connectivity index (χ4n) is 2.59. The fourth-order valence-corrected chi connectivity index (χ4v) is 2.59. The van der Waals surface area contributed by atoms with Crippen molar-refractivity contribution in [3.63, 3.8) is 0 Å². The molecule has 1 N–H and O–H groups in total. The molecule has 0 bridgehead atoms. The Morgan fingerprint density at radius 3 is 2.90 bits per heavy atom. The van der Waals surface area contributed by atoms with Gasteiger partial charge in [0.15, 0.2) is 0 Å². The summed E-state index contributed by atoms with van der Waals surface area (Å²) < 4.78 is 5.39. The highest BCUT2D eigenvalue weighted by Crippen LogP contribution is 2.26. The normalized spacial score (nSPS) is 12.7. The van der Waals surface area contributed by atoms with Crippen LogP contribution in [0, 0.1) is 0 Å². The van der Waals surface area contributed by atoms with Crippen LogP contribution in [0.25, 0.3) is 10.9 Å². The molecule has 3 aromatic rings. The summed E-state index contributed by atoms with van der Waals surface area (Å²) in [6, 6.07) is 11.8. The van der Waals surface area contributed by atoms with E-state index in [1.807, 2.05) is 43.3 Å². The molecule has 3 nitrogen and oxygen atoms in total. The first-order valence-electron chi connectivity index (χ1n) is 6.86. The van der Waals surface area contributed by atoms with E-state index in [1.54, 1.807) is 12.5 Å². The number of furan rings is 1. The van der Waals surface area contributed by atoms with Crippen LogP contribution >= 0.6 is 0 Å². The number of pyridine rings is 1. The molecule has 102 valence electrons. The van der Waals surface area contributed by atoms with E-state index in [-0.39, 0.29) is 0 Å². The zero-order valence-electron chi connectivity index (χ0n) is 11.4. The van der Waals surface area contributed by atoms with Crippen molar-refractivity contribution in [3.05, 3.63) is 65.7 Å². The third-order valence-corrected chi connectivity index (χ3v) is 3.61. The molecular formula is C17H17NO2. The maximum atomic E-state index is 10.5. The lowest BCUT2D eigenvalue weighted by Crippen LogP contribution is -2.03. The Kier molecular flexibility index (Phi) is 3.52. The minimum Gasteiger partial charge on any atom is -0.469 e. The van der Waals surface area contributed by atoms with Crippen molar-refractivity contribution >= 4 is 10.9 Å². The fraction of sp³-hybridized carbons (Fsp3) is 0.235. The van der Waals surface area contributed by atoms with E-state index < -0.39 is 6.10 Å². The molecule has 0 fully saturated rings. The van der Waals surface area contributed by atoms with Crippen LogP contribution in [0.4, 0.5) is 0 Å². The first kappa shape index (κ1) is 12.9. The maximum absolute atomic E-state index is 10.5. The molecule has 20 heavy (non-hydrogen) atoms. The summed E-state index contributed by atoms with van der Waals surface area (Å²) >= 11 is 0. The molecule has 0 spiro atoms. The standard InChI is InChI=1S/C17H17NO2/c1-2-17-14(8-10-20-17)16(19)11-12-7-9-18-15-6-4-3-5-13(12)15/h3-10,16,19H,2,11H2,1H3. The number of hydrogen-bond acceptors (Lipinski definition) is 3. The van der Waals surface area contributed by atoms with Gasteiger partial charge >= 0.3 is 0 Å². The second kappa shape index (κ2) is 5.47. The van der Waals surface area contributed by atoms with Crippen LogP contribution in [0.15, 0.2) is 53.3 Å². The molecule has 3 heteroatoms. The van der Waals surface area contributed by atoms with Gasteiger partial charge in [0.05, 0.1) is 17.9 Å². The molecule has 2 heterocycles. The summed E-state index contributed by atoms with van der Waals surface area (Å²) in [6.45, 7) is 2.02. The van der Waals surface area contributed by atoms with Crippen LogP contribution in [0.3, 0.4) is 0 Å². The van der Waals surface area contributed by atoms with Gasteiger partial charge < -0.3 is 9.52 Å². The lowest BCUT2D eigenvalue weighted by Gasteiger charge is -2.12. The molecule has 0 saturated carbocycles. The number of aliphatic hydroxyl groups excluding tert-OH is 1. The molecule has 0 aliphatic heterocycles. The molecule has 1 aromatic carbocycles. The minimum absolute atomic E-state index is 0.547. The summed E-state index contributed by atoms with van der Waals surface area (Å²) in [5.74, 6) is 0.857. The van der Waals surface area contributed by atoms with Crippen molar-refractivity contribution in [1.29, 1.82) is 0 Å². The Morgan fingerprint density at radius 1 is 1.20 bits per heavy atom. The molecule has 0 saturated heterocycles. The number of aliphatic hydroxyl groups is 1. The Labute approximate surface area is 117 Å². The largest absolute Gasteiger partial charge is 0.469 e. The highest BCUT2D eigenvalue weighted by molar-refractivity contribution is 5.81. The van der Waals surface area contributed by atoms with Gasteiger partial charge in [-0.25, -0.2) is 0 Å². The van der Waals surface area contributed by atoms with E-state index >= 15 is 0 Å². The van der Waals surface area contributed by atoms with Gasteiger partial charge in [0.2, 0.25) is 0 Å². The molecule has 0 aliphatic carbocycles. The Balaban J connectivity index is 1.93. The second-order valence-corrected chi connectivity index (χ2v) is 4.86. The zero-order valence-corrected chi connectivity index (χ0v) is 11.4. The predicted molar refractivity (Wildman–Crippen MR) is 78.5 cm³/mol. The van der Waals surface area contributed by atoms with Crippen molar-refractivity contribution in [2.24, 2.45) is 0 Å². The molecule has 0 radical (unpaired) electrons. The number of rotatable bonds is 4. The average molecular weight is 267 g/mol. The van der Waals surface area contributed by atoms with Crippen LogP contribution in [-0.4, -0.2) is 10.1 Å². The monoisotopic (exact) mass is 267 g/mol. The van der Waals surface area contributed by atoms with Crippen molar-refractivity contribution in [2.45, 2.75) is 25.9 Å². The van der Waals surface area contributed by atoms with Crippen molar-refractivity contribution in [1.82, 2.24) is 4.98 Å². The predicted octanol–water partition coefficient (Wildman–Crippen LogP) is 3.67. The van der Waals surface area contributed by atoms with E-state index in [0.29, 0.717) is 6.42 Å². The van der Waals surface area contributed by atoms with Crippen molar-refractivity contribution in [3.8, 4) is 0 Å². The summed E-state index contributed by atoms with van der Waals surface area (Å²) in [6.07, 6.45) is 4.24. The molecule has 3 rings (SSSR count). The molecule has 2 aromatic heterocycles. The summed E-state index contributed by atoms with van der Waals surface area (Å²) in [5.41, 5.74) is 2.94. The SMILES string of the molecule is CCc1occc1C(O)Cc1ccnc2ccccc12. The number of aryl methyl sites for hydroxylation is 1. The van der Waals surface area contributed by atoms with Crippen LogP contribution in [-0.2, 0) is 12.8 Å². The number of aromatic nitrogens is 1. The highest BCUT2D eigenvalue weighted by atomic mass is 16.3. The van der Waals surface area contributed by atoms with Gasteiger partial charge in [-0.15, -0.1) is 0 Å². The Hall–Kier alpha value is -2.13. The van der Waals surface area contributed by atoms with Crippen molar-refractivity contribution in [2.75, 3.05) is 0 Å². The average Bonchev–Trinajstić information content (AvgIpc) is 2.96. The highest BCUT2D eigenvalue weighted by Gasteiger charge is 2.16. The van der Waals surface area contributed by atoms with Gasteiger partial charge in [-0.1, -0.05) is 25.1 Å². The van der Waals surface area contributed by atoms with Gasteiger partial charge in [0.25, 0.3) is 0 Å².